The lowest BCUT2D eigenvalue weighted by atomic mass is 10.2. The van der Waals surface area contributed by atoms with E-state index in [-0.39, 0.29) is 38.2 Å². The van der Waals surface area contributed by atoms with Crippen LogP contribution < -0.4 is 26.4 Å². The van der Waals surface area contributed by atoms with E-state index >= 15 is 0 Å². The first-order valence-electron chi connectivity index (χ1n) is 11.9. The second kappa shape index (κ2) is 17.9. The number of carbonyl (C=O) groups is 2. The fourth-order valence-corrected chi connectivity index (χ4v) is 2.68. The summed E-state index contributed by atoms with van der Waals surface area (Å²) in [4.78, 5) is 24.0. The lowest BCUT2D eigenvalue weighted by Gasteiger charge is -2.15. The first-order chi connectivity index (χ1) is 16.3. The maximum absolute atomic E-state index is 12.3. The van der Waals surface area contributed by atoms with Gasteiger partial charge < -0.3 is 35.9 Å². The normalized spacial score (nSPS) is 13.1. The highest BCUT2D eigenvalue weighted by Crippen LogP contribution is 2.13. The molecule has 0 spiro atoms. The zero-order chi connectivity index (χ0) is 25.2. The van der Waals surface area contributed by atoms with Gasteiger partial charge in [0.05, 0.1) is 13.2 Å². The summed E-state index contributed by atoms with van der Waals surface area (Å²) >= 11 is 0. The molecule has 9 heteroatoms. The van der Waals surface area contributed by atoms with E-state index in [4.69, 9.17) is 19.9 Å². The number of amides is 2. The summed E-state index contributed by atoms with van der Waals surface area (Å²) in [6, 6.07) is 7.34. The van der Waals surface area contributed by atoms with Crippen molar-refractivity contribution in [1.29, 1.82) is 0 Å². The molecule has 0 aromatic heterocycles. The van der Waals surface area contributed by atoms with Crippen molar-refractivity contribution in [2.45, 2.75) is 46.4 Å². The second-order valence-corrected chi connectivity index (χ2v) is 8.30. The van der Waals surface area contributed by atoms with Crippen molar-refractivity contribution >= 4 is 11.8 Å². The van der Waals surface area contributed by atoms with Crippen LogP contribution in [0.25, 0.3) is 0 Å². The first kappa shape index (κ1) is 29.6. The zero-order valence-corrected chi connectivity index (χ0v) is 21.0. The van der Waals surface area contributed by atoms with Gasteiger partial charge in [-0.3, -0.25) is 9.59 Å². The number of nitrogens with one attached hydrogen (secondary N) is 3. The van der Waals surface area contributed by atoms with Crippen molar-refractivity contribution in [1.82, 2.24) is 16.0 Å². The number of hydrogen-bond acceptors (Lipinski definition) is 7. The molecule has 0 heterocycles. The molecule has 2 amide bonds. The van der Waals surface area contributed by atoms with E-state index in [2.05, 4.69) is 43.6 Å². The van der Waals surface area contributed by atoms with Crippen LogP contribution in [0.3, 0.4) is 0 Å². The molecular weight excluding hydrogens is 436 g/mol. The number of ether oxygens (including phenoxy) is 3. The van der Waals surface area contributed by atoms with Gasteiger partial charge in [-0.2, -0.15) is 0 Å². The van der Waals surface area contributed by atoms with Gasteiger partial charge in [-0.1, -0.05) is 39.0 Å². The van der Waals surface area contributed by atoms with E-state index in [9.17, 15) is 9.59 Å². The van der Waals surface area contributed by atoms with E-state index in [1.807, 2.05) is 12.2 Å². The Kier molecular flexibility index (Phi) is 15.6. The molecule has 9 nitrogen and oxygen atoms in total. The molecule has 0 radical (unpaired) electrons. The third-order valence-electron chi connectivity index (χ3n) is 4.76. The second-order valence-electron chi connectivity index (χ2n) is 8.30. The molecule has 0 aliphatic rings. The molecule has 1 rings (SSSR count). The van der Waals surface area contributed by atoms with E-state index in [0.29, 0.717) is 42.9 Å². The van der Waals surface area contributed by atoms with E-state index < -0.39 is 6.23 Å². The van der Waals surface area contributed by atoms with E-state index in [1.54, 1.807) is 24.3 Å². The minimum absolute atomic E-state index is 0.0346. The third kappa shape index (κ3) is 14.6. The fourth-order valence-electron chi connectivity index (χ4n) is 2.68. The van der Waals surface area contributed by atoms with Crippen LogP contribution in [0.5, 0.6) is 5.75 Å². The molecule has 192 valence electrons. The van der Waals surface area contributed by atoms with Crippen LogP contribution in [-0.2, 0) is 14.3 Å². The Bertz CT molecular complexity index is 742. The fraction of sp³-hybridized carbons (Fsp3) is 0.600. The maximum Gasteiger partial charge on any atom is 0.251 e. The van der Waals surface area contributed by atoms with Crippen LogP contribution in [0.15, 0.2) is 36.4 Å². The Labute approximate surface area is 203 Å². The van der Waals surface area contributed by atoms with Crippen LogP contribution in [0.1, 0.15) is 44.5 Å². The third-order valence-corrected chi connectivity index (χ3v) is 4.76. The predicted molar refractivity (Wildman–Crippen MR) is 134 cm³/mol. The standard InChI is InChI=1S/C25H42N4O5/c1-5-20(4)27-12-13-29-25(31)21-9-6-10-22(16-21)34-17-23(26)33-15-14-32-18-24(30)28-11-7-8-19(2)3/h6-10,16,19-20,23,27H,5,11-15,17-18,26H2,1-4H3,(H,28,30)(H,29,31)/b8-7+. The van der Waals surface area contributed by atoms with Crippen LogP contribution in [0.4, 0.5) is 0 Å². The van der Waals surface area contributed by atoms with Crippen molar-refractivity contribution < 1.29 is 23.8 Å². The topological polar surface area (TPSA) is 124 Å². The van der Waals surface area contributed by atoms with Crippen LogP contribution >= 0.6 is 0 Å². The average molecular weight is 479 g/mol. The predicted octanol–water partition coefficient (Wildman–Crippen LogP) is 1.83. The Balaban J connectivity index is 2.20. The maximum atomic E-state index is 12.3. The minimum atomic E-state index is -0.664. The van der Waals surface area contributed by atoms with Gasteiger partial charge in [0.1, 0.15) is 25.2 Å². The molecule has 0 aliphatic carbocycles. The molecular formula is C25H42N4O5. The number of hydrogen-bond donors (Lipinski definition) is 4. The van der Waals surface area contributed by atoms with Gasteiger partial charge in [-0.25, -0.2) is 0 Å². The Morgan fingerprint density at radius 2 is 1.91 bits per heavy atom. The SMILES string of the molecule is CCC(C)NCCNC(=O)c1cccc(OCC(N)OCCOCC(=O)NC/C=C/C(C)C)c1. The number of rotatable bonds is 18. The highest BCUT2D eigenvalue weighted by molar-refractivity contribution is 5.94. The number of nitrogens with two attached hydrogens (primary N) is 1. The summed E-state index contributed by atoms with van der Waals surface area (Å²) in [6.45, 7) is 10.7. The van der Waals surface area contributed by atoms with Crippen LogP contribution in [-0.4, -0.2) is 70.1 Å². The van der Waals surface area contributed by atoms with Crippen LogP contribution in [0.2, 0.25) is 0 Å². The van der Waals surface area contributed by atoms with Gasteiger partial charge in [-0.15, -0.1) is 0 Å². The van der Waals surface area contributed by atoms with Crippen molar-refractivity contribution in [3.05, 3.63) is 42.0 Å². The summed E-state index contributed by atoms with van der Waals surface area (Å²) in [7, 11) is 0. The smallest absolute Gasteiger partial charge is 0.251 e. The quantitative estimate of drug-likeness (QED) is 0.144. The summed E-state index contributed by atoms with van der Waals surface area (Å²) in [6.07, 6.45) is 4.32. The Morgan fingerprint density at radius 1 is 1.12 bits per heavy atom. The van der Waals surface area contributed by atoms with Crippen molar-refractivity contribution in [3.8, 4) is 5.75 Å². The lowest BCUT2D eigenvalue weighted by Crippen LogP contribution is -2.35. The molecule has 0 saturated heterocycles. The first-order valence-corrected chi connectivity index (χ1v) is 11.9. The molecule has 5 N–H and O–H groups in total. The van der Waals surface area contributed by atoms with Crippen molar-refractivity contribution in [2.75, 3.05) is 46.1 Å². The lowest BCUT2D eigenvalue weighted by molar-refractivity contribution is -0.126. The molecule has 0 aliphatic heterocycles. The Morgan fingerprint density at radius 3 is 2.65 bits per heavy atom. The van der Waals surface area contributed by atoms with E-state index in [1.165, 1.54) is 0 Å². The highest BCUT2D eigenvalue weighted by atomic mass is 16.6. The summed E-state index contributed by atoms with van der Waals surface area (Å²) in [5, 5.41) is 8.95. The highest BCUT2D eigenvalue weighted by Gasteiger charge is 2.09. The molecule has 0 fully saturated rings. The van der Waals surface area contributed by atoms with Gasteiger partial charge in [0.15, 0.2) is 0 Å². The summed E-state index contributed by atoms with van der Waals surface area (Å²) in [5.41, 5.74) is 6.42. The van der Waals surface area contributed by atoms with Crippen molar-refractivity contribution in [2.24, 2.45) is 11.7 Å². The molecule has 34 heavy (non-hydrogen) atoms. The molecule has 1 aromatic carbocycles. The van der Waals surface area contributed by atoms with E-state index in [0.717, 1.165) is 6.42 Å². The minimum Gasteiger partial charge on any atom is -0.489 e. The van der Waals surface area contributed by atoms with Gasteiger partial charge in [0.2, 0.25) is 5.91 Å². The number of carbonyl (C=O) groups excluding carboxylic acids is 2. The average Bonchev–Trinajstić information content (AvgIpc) is 2.82. The van der Waals surface area contributed by atoms with Crippen LogP contribution in [0, 0.1) is 5.92 Å². The Hall–Kier alpha value is -2.46. The molecule has 1 aromatic rings. The van der Waals surface area contributed by atoms with Gasteiger partial charge in [0.25, 0.3) is 5.91 Å². The van der Waals surface area contributed by atoms with Crippen molar-refractivity contribution in [3.63, 3.8) is 0 Å². The molecule has 2 atom stereocenters. The molecule has 0 saturated carbocycles. The monoisotopic (exact) mass is 478 g/mol. The molecule has 2 unspecified atom stereocenters. The summed E-state index contributed by atoms with van der Waals surface area (Å²) < 4.78 is 16.4. The molecule has 0 bridgehead atoms. The largest absolute Gasteiger partial charge is 0.489 e. The van der Waals surface area contributed by atoms with Gasteiger partial charge in [-0.05, 0) is 37.5 Å². The van der Waals surface area contributed by atoms with Gasteiger partial charge >= 0.3 is 0 Å². The van der Waals surface area contributed by atoms with Gasteiger partial charge in [0, 0.05) is 31.2 Å². The summed E-state index contributed by atoms with van der Waals surface area (Å²) in [5.74, 6) is 0.642. The zero-order valence-electron chi connectivity index (χ0n) is 21.0. The number of allylic oxidation sites excluding steroid dienone is 1. The number of benzene rings is 1.